The second-order valence-corrected chi connectivity index (χ2v) is 23.2. The molecule has 1 unspecified atom stereocenters. The summed E-state index contributed by atoms with van der Waals surface area (Å²) < 4.78 is 4.92. The van der Waals surface area contributed by atoms with Gasteiger partial charge in [0.05, 0.1) is 27.9 Å². The highest BCUT2D eigenvalue weighted by Crippen LogP contribution is 2.51. The molecule has 0 fully saturated rings. The molecule has 17 rings (SSSR count). The molecule has 0 amide bonds. The number of aromatic nitrogens is 2. The molecule has 81 heavy (non-hydrogen) atoms. The molecule has 2 heterocycles. The van der Waals surface area contributed by atoms with Crippen molar-refractivity contribution in [1.82, 2.24) is 9.13 Å². The van der Waals surface area contributed by atoms with Crippen molar-refractivity contribution in [2.24, 2.45) is 0 Å². The van der Waals surface area contributed by atoms with Gasteiger partial charge in [-0.3, -0.25) is 0 Å². The topological polar surface area (TPSA) is 9.86 Å². The number of benzene rings is 13. The molecule has 2 aromatic heterocycles. The molecule has 0 radical (unpaired) electrons. The first-order chi connectivity index (χ1) is 39.9. The summed E-state index contributed by atoms with van der Waals surface area (Å²) in [7, 11) is 0. The fraction of sp³-hybridized carbons (Fsp3) is 0.0633. The van der Waals surface area contributed by atoms with Crippen LogP contribution in [0.4, 0.5) is 0 Å². The van der Waals surface area contributed by atoms with E-state index in [4.69, 9.17) is 0 Å². The van der Waals surface area contributed by atoms with Crippen LogP contribution in [0.25, 0.3) is 144 Å². The molecule has 0 bridgehead atoms. The van der Waals surface area contributed by atoms with Crippen LogP contribution in [0.2, 0.25) is 0 Å². The predicted octanol–water partition coefficient (Wildman–Crippen LogP) is 19.4. The van der Waals surface area contributed by atoms with Gasteiger partial charge >= 0.3 is 0 Å². The van der Waals surface area contributed by atoms with Gasteiger partial charge in [0.2, 0.25) is 0 Å². The normalized spacial score (nSPS) is 14.4. The maximum Gasteiger partial charge on any atom is 0.0541 e. The summed E-state index contributed by atoms with van der Waals surface area (Å²) in [5, 5.41) is 16.5. The first kappa shape index (κ1) is 45.9. The molecule has 0 saturated carbocycles. The SMILES string of the molecule is CC1(C)c2cc(-c3ccc4cc(-c5ccc6c(c5)c5ccccc5n6-c5cccc6ccccc56)ccc4c3)ccc2-c2ccc(-c3ccc4cc(C5C=c6c(n(-c7cccc8ccccc78)c7ccccc67)=CC5)ccc4c3)cc21. The van der Waals surface area contributed by atoms with Crippen LogP contribution in [-0.4, -0.2) is 9.13 Å². The fourth-order valence-corrected chi connectivity index (χ4v) is 14.3. The third-order valence-corrected chi connectivity index (χ3v) is 18.4. The van der Waals surface area contributed by atoms with E-state index in [0.29, 0.717) is 5.92 Å². The maximum atomic E-state index is 2.52. The molecule has 15 aromatic rings. The van der Waals surface area contributed by atoms with Gasteiger partial charge in [0.1, 0.15) is 0 Å². The van der Waals surface area contributed by atoms with Crippen molar-refractivity contribution < 1.29 is 0 Å². The van der Waals surface area contributed by atoms with Gasteiger partial charge in [-0.1, -0.05) is 220 Å². The lowest BCUT2D eigenvalue weighted by Crippen LogP contribution is -2.31. The van der Waals surface area contributed by atoms with Crippen LogP contribution in [0.3, 0.4) is 0 Å². The van der Waals surface area contributed by atoms with E-state index >= 15 is 0 Å². The standard InChI is InChI=1S/C79H54N2/c1-79(2)71-47-61(57-31-27-51-41-55(29-25-53(51)43-57)59-35-39-77-69(45-59)67-19-7-9-21-75(67)80(77)73-23-11-15-49-13-3-5-17-63(49)73)33-37-65(71)66-38-34-62(48-72(66)79)58-32-28-52-42-56(30-26-54(52)44-58)60-36-40-78-70(46-60)68-20-8-10-22-76(68)81(78)74-24-12-16-50-14-4-6-18-64(50)74/h3-35,37-48,60H,36H2,1-2H3. The molecular weight excluding hydrogens is 977 g/mol. The number of hydrogen-bond donors (Lipinski definition) is 0. The predicted molar refractivity (Wildman–Crippen MR) is 343 cm³/mol. The minimum atomic E-state index is -0.162. The summed E-state index contributed by atoms with van der Waals surface area (Å²) in [6.07, 6.45) is 5.95. The Labute approximate surface area is 470 Å². The van der Waals surface area contributed by atoms with Crippen molar-refractivity contribution in [2.45, 2.75) is 31.6 Å². The van der Waals surface area contributed by atoms with Crippen molar-refractivity contribution in [3.63, 3.8) is 0 Å². The van der Waals surface area contributed by atoms with Gasteiger partial charge < -0.3 is 9.13 Å². The first-order valence-corrected chi connectivity index (χ1v) is 28.6. The van der Waals surface area contributed by atoms with Crippen LogP contribution in [0.1, 0.15) is 42.9 Å². The van der Waals surface area contributed by atoms with Gasteiger partial charge in [-0.15, -0.1) is 0 Å². The fourth-order valence-electron chi connectivity index (χ4n) is 14.3. The number of nitrogens with zero attached hydrogens (tertiary/aromatic N) is 2. The summed E-state index contributed by atoms with van der Waals surface area (Å²) in [5.41, 5.74) is 20.2. The van der Waals surface area contributed by atoms with Gasteiger partial charge in [-0.2, -0.15) is 0 Å². The number of rotatable bonds is 6. The Balaban J connectivity index is 0.646. The van der Waals surface area contributed by atoms with Crippen LogP contribution in [0.15, 0.2) is 261 Å². The Hall–Kier alpha value is -10.0. The summed E-state index contributed by atoms with van der Waals surface area (Å²) in [6.45, 7) is 4.80. The van der Waals surface area contributed by atoms with E-state index in [0.717, 1.165) is 6.42 Å². The molecule has 2 aliphatic rings. The largest absolute Gasteiger partial charge is 0.309 e. The van der Waals surface area contributed by atoms with Crippen LogP contribution < -0.4 is 10.6 Å². The van der Waals surface area contributed by atoms with E-state index in [1.54, 1.807) is 0 Å². The molecule has 1 atom stereocenters. The van der Waals surface area contributed by atoms with Crippen molar-refractivity contribution >= 4 is 88.0 Å². The van der Waals surface area contributed by atoms with Crippen LogP contribution >= 0.6 is 0 Å². The van der Waals surface area contributed by atoms with Gasteiger partial charge in [0, 0.05) is 48.8 Å². The monoisotopic (exact) mass is 1030 g/mol. The van der Waals surface area contributed by atoms with Gasteiger partial charge in [0.25, 0.3) is 0 Å². The highest BCUT2D eigenvalue weighted by Gasteiger charge is 2.36. The zero-order chi connectivity index (χ0) is 53.5. The molecule has 0 aliphatic heterocycles. The van der Waals surface area contributed by atoms with Gasteiger partial charge in [-0.25, -0.2) is 0 Å². The lowest BCUT2D eigenvalue weighted by molar-refractivity contribution is 0.661. The number of fused-ring (bicyclic) bond motifs is 13. The molecule has 0 saturated heterocycles. The van der Waals surface area contributed by atoms with Crippen molar-refractivity contribution in [3.8, 4) is 55.9 Å². The number of para-hydroxylation sites is 2. The molecule has 2 nitrogen and oxygen atoms in total. The van der Waals surface area contributed by atoms with E-state index in [1.807, 2.05) is 0 Å². The lowest BCUT2D eigenvalue weighted by atomic mass is 9.80. The molecule has 380 valence electrons. The minimum Gasteiger partial charge on any atom is -0.309 e. The Morgan fingerprint density at radius 3 is 1.40 bits per heavy atom. The quantitative estimate of drug-likeness (QED) is 0.157. The third kappa shape index (κ3) is 7.06. The molecule has 2 aliphatic carbocycles. The minimum absolute atomic E-state index is 0.162. The third-order valence-electron chi connectivity index (χ3n) is 18.4. The van der Waals surface area contributed by atoms with E-state index < -0.39 is 0 Å². The second kappa shape index (κ2) is 17.5. The molecule has 13 aromatic carbocycles. The van der Waals surface area contributed by atoms with Crippen molar-refractivity contribution in [1.29, 1.82) is 0 Å². The van der Waals surface area contributed by atoms with Crippen molar-refractivity contribution in [3.05, 3.63) is 288 Å². The Morgan fingerprint density at radius 2 is 0.778 bits per heavy atom. The van der Waals surface area contributed by atoms with Crippen molar-refractivity contribution in [2.75, 3.05) is 0 Å². The summed E-state index contributed by atoms with van der Waals surface area (Å²) in [6, 6.07) is 97.8. The number of hydrogen-bond acceptors (Lipinski definition) is 0. The van der Waals surface area contributed by atoms with E-state index in [1.165, 1.54) is 159 Å². The first-order valence-electron chi connectivity index (χ1n) is 28.6. The molecule has 2 heteroatoms. The van der Waals surface area contributed by atoms with E-state index in [2.05, 4.69) is 296 Å². The second-order valence-electron chi connectivity index (χ2n) is 23.2. The Bertz CT molecular complexity index is 5300. The maximum absolute atomic E-state index is 2.52. The average molecular weight is 1030 g/mol. The summed E-state index contributed by atoms with van der Waals surface area (Å²) >= 11 is 0. The van der Waals surface area contributed by atoms with E-state index in [9.17, 15) is 0 Å². The van der Waals surface area contributed by atoms with Crippen LogP contribution in [-0.2, 0) is 5.41 Å². The smallest absolute Gasteiger partial charge is 0.0541 e. The Kier molecular flexibility index (Phi) is 9.92. The average Bonchev–Trinajstić information content (AvgIpc) is 4.34. The summed E-state index contributed by atoms with van der Waals surface area (Å²) in [4.78, 5) is 0. The van der Waals surface area contributed by atoms with E-state index in [-0.39, 0.29) is 5.41 Å². The molecule has 0 N–H and O–H groups in total. The van der Waals surface area contributed by atoms with Crippen LogP contribution in [0.5, 0.6) is 0 Å². The highest BCUT2D eigenvalue weighted by atomic mass is 15.0. The van der Waals surface area contributed by atoms with Crippen LogP contribution in [0, 0.1) is 0 Å². The lowest BCUT2D eigenvalue weighted by Gasteiger charge is -2.23. The Morgan fingerprint density at radius 1 is 0.333 bits per heavy atom. The zero-order valence-corrected chi connectivity index (χ0v) is 45.2. The van der Waals surface area contributed by atoms with Gasteiger partial charge in [0.15, 0.2) is 0 Å². The molecule has 0 spiro atoms. The summed E-state index contributed by atoms with van der Waals surface area (Å²) in [5.74, 6) is 0.292. The zero-order valence-electron chi connectivity index (χ0n) is 45.2. The molecular formula is C79H54N2. The van der Waals surface area contributed by atoms with Gasteiger partial charge in [-0.05, 0) is 167 Å². The highest BCUT2D eigenvalue weighted by molar-refractivity contribution is 6.12.